The van der Waals surface area contributed by atoms with Crippen LogP contribution < -0.4 is 10.6 Å². The maximum Gasteiger partial charge on any atom is 0.315 e. The van der Waals surface area contributed by atoms with E-state index in [0.29, 0.717) is 18.9 Å². The molecule has 2 unspecified atom stereocenters. The zero-order valence-corrected chi connectivity index (χ0v) is 12.4. The summed E-state index contributed by atoms with van der Waals surface area (Å²) in [5.74, 6) is -0.306. The van der Waals surface area contributed by atoms with Gasteiger partial charge in [0, 0.05) is 19.0 Å². The normalized spacial score (nSPS) is 13.6. The van der Waals surface area contributed by atoms with Gasteiger partial charge in [0.05, 0.1) is 0 Å². The summed E-state index contributed by atoms with van der Waals surface area (Å²) < 4.78 is 0. The van der Waals surface area contributed by atoms with Gasteiger partial charge in [-0.25, -0.2) is 4.79 Å². The summed E-state index contributed by atoms with van der Waals surface area (Å²) in [6, 6.07) is -0.320. The first-order chi connectivity index (χ1) is 8.99. The molecule has 112 valence electrons. The summed E-state index contributed by atoms with van der Waals surface area (Å²) in [7, 11) is 0. The highest BCUT2D eigenvalue weighted by molar-refractivity contribution is 5.74. The number of hydrogen-bond donors (Lipinski definition) is 3. The van der Waals surface area contributed by atoms with Crippen LogP contribution in [0.2, 0.25) is 0 Å². The molecule has 0 aromatic carbocycles. The molecule has 19 heavy (non-hydrogen) atoms. The Hall–Kier alpha value is -1.26. The third kappa shape index (κ3) is 10.4. The van der Waals surface area contributed by atoms with E-state index in [-0.39, 0.29) is 18.5 Å². The van der Waals surface area contributed by atoms with Crippen LogP contribution in [-0.4, -0.2) is 29.7 Å². The van der Waals surface area contributed by atoms with Gasteiger partial charge in [-0.05, 0) is 25.7 Å². The molecule has 3 N–H and O–H groups in total. The zero-order chi connectivity index (χ0) is 14.7. The van der Waals surface area contributed by atoms with E-state index in [1.165, 1.54) is 12.8 Å². The fourth-order valence-corrected chi connectivity index (χ4v) is 1.87. The second-order valence-corrected chi connectivity index (χ2v) is 5.10. The number of carboxylic acid groups (broad SMARTS) is 1. The summed E-state index contributed by atoms with van der Waals surface area (Å²) >= 11 is 0. The maximum atomic E-state index is 11.6. The van der Waals surface area contributed by atoms with Crippen LogP contribution in [0.25, 0.3) is 0 Å². The first-order valence-corrected chi connectivity index (χ1v) is 7.25. The van der Waals surface area contributed by atoms with Crippen LogP contribution in [0.15, 0.2) is 0 Å². The average molecular weight is 272 g/mol. The van der Waals surface area contributed by atoms with Gasteiger partial charge in [0.15, 0.2) is 0 Å². The van der Waals surface area contributed by atoms with Crippen molar-refractivity contribution in [2.75, 3.05) is 6.54 Å². The van der Waals surface area contributed by atoms with E-state index in [2.05, 4.69) is 24.5 Å². The number of hydrogen-bond acceptors (Lipinski definition) is 2. The standard InChI is InChI=1S/C14H28N2O3/c1-4-6-7-12(5-2)10-15-14(19)16-11(3)8-9-13(17)18/h11-12H,4-10H2,1-3H3,(H,17,18)(H2,15,16,19). The number of rotatable bonds is 10. The third-order valence-electron chi connectivity index (χ3n) is 3.26. The minimum absolute atomic E-state index is 0.0789. The van der Waals surface area contributed by atoms with E-state index < -0.39 is 5.97 Å². The summed E-state index contributed by atoms with van der Waals surface area (Å²) in [4.78, 5) is 22.0. The van der Waals surface area contributed by atoms with E-state index in [9.17, 15) is 9.59 Å². The minimum Gasteiger partial charge on any atom is -0.481 e. The molecule has 0 heterocycles. The fourth-order valence-electron chi connectivity index (χ4n) is 1.87. The number of carbonyl (C=O) groups excluding carboxylic acids is 1. The number of urea groups is 1. The summed E-state index contributed by atoms with van der Waals surface area (Å²) in [6.07, 6.45) is 5.10. The predicted octanol–water partition coefficient (Wildman–Crippen LogP) is 2.76. The van der Waals surface area contributed by atoms with Crippen molar-refractivity contribution in [1.82, 2.24) is 10.6 Å². The van der Waals surface area contributed by atoms with Crippen LogP contribution in [0.3, 0.4) is 0 Å². The van der Waals surface area contributed by atoms with Gasteiger partial charge in [-0.3, -0.25) is 4.79 Å². The Labute approximate surface area is 116 Å². The molecule has 0 aliphatic carbocycles. The Bertz CT molecular complexity index is 269. The van der Waals surface area contributed by atoms with E-state index in [1.807, 2.05) is 6.92 Å². The van der Waals surface area contributed by atoms with Gasteiger partial charge in [0.25, 0.3) is 0 Å². The van der Waals surface area contributed by atoms with Gasteiger partial charge in [0.1, 0.15) is 0 Å². The number of unbranched alkanes of at least 4 members (excludes halogenated alkanes) is 1. The molecule has 0 bridgehead atoms. The van der Waals surface area contributed by atoms with Crippen LogP contribution in [0.1, 0.15) is 59.3 Å². The molecule has 2 atom stereocenters. The molecule has 0 aromatic heterocycles. The SMILES string of the molecule is CCCCC(CC)CNC(=O)NC(C)CCC(=O)O. The van der Waals surface area contributed by atoms with Crippen molar-refractivity contribution in [2.24, 2.45) is 5.92 Å². The molecule has 0 saturated heterocycles. The van der Waals surface area contributed by atoms with Crippen molar-refractivity contribution < 1.29 is 14.7 Å². The molecule has 0 saturated carbocycles. The molecule has 5 nitrogen and oxygen atoms in total. The number of amides is 2. The van der Waals surface area contributed by atoms with Crippen LogP contribution in [0.5, 0.6) is 0 Å². The number of aliphatic carboxylic acids is 1. The van der Waals surface area contributed by atoms with Crippen LogP contribution in [0.4, 0.5) is 4.79 Å². The maximum absolute atomic E-state index is 11.6. The Morgan fingerprint density at radius 3 is 2.42 bits per heavy atom. The molecule has 0 spiro atoms. The largest absolute Gasteiger partial charge is 0.481 e. The Balaban J connectivity index is 3.80. The molecule has 0 fully saturated rings. The summed E-state index contributed by atoms with van der Waals surface area (Å²) in [5.41, 5.74) is 0. The monoisotopic (exact) mass is 272 g/mol. The lowest BCUT2D eigenvalue weighted by Gasteiger charge is -2.17. The topological polar surface area (TPSA) is 78.4 Å². The van der Waals surface area contributed by atoms with Crippen molar-refractivity contribution in [3.05, 3.63) is 0 Å². The lowest BCUT2D eigenvalue weighted by molar-refractivity contribution is -0.137. The fraction of sp³-hybridized carbons (Fsp3) is 0.857. The smallest absolute Gasteiger partial charge is 0.315 e. The molecule has 0 aliphatic heterocycles. The van der Waals surface area contributed by atoms with Gasteiger partial charge in [0.2, 0.25) is 0 Å². The molecule has 0 aliphatic rings. The van der Waals surface area contributed by atoms with Crippen molar-refractivity contribution in [2.45, 2.75) is 65.3 Å². The number of carbonyl (C=O) groups is 2. The first kappa shape index (κ1) is 17.7. The van der Waals surface area contributed by atoms with Gasteiger partial charge in [-0.15, -0.1) is 0 Å². The average Bonchev–Trinajstić information content (AvgIpc) is 2.36. The summed E-state index contributed by atoms with van der Waals surface area (Å²) in [6.45, 7) is 6.80. The molecule has 5 heteroatoms. The Morgan fingerprint density at radius 1 is 1.21 bits per heavy atom. The highest BCUT2D eigenvalue weighted by atomic mass is 16.4. The highest BCUT2D eigenvalue weighted by Gasteiger charge is 2.11. The number of carboxylic acids is 1. The highest BCUT2D eigenvalue weighted by Crippen LogP contribution is 2.11. The van der Waals surface area contributed by atoms with Crippen LogP contribution in [0, 0.1) is 5.92 Å². The van der Waals surface area contributed by atoms with Crippen molar-refractivity contribution in [3.63, 3.8) is 0 Å². The van der Waals surface area contributed by atoms with Gasteiger partial charge in [-0.1, -0.05) is 33.1 Å². The molecular formula is C14H28N2O3. The van der Waals surface area contributed by atoms with E-state index in [4.69, 9.17) is 5.11 Å². The van der Waals surface area contributed by atoms with E-state index in [1.54, 1.807) is 0 Å². The van der Waals surface area contributed by atoms with E-state index in [0.717, 1.165) is 12.8 Å². The quantitative estimate of drug-likeness (QED) is 0.572. The second kappa shape index (κ2) is 10.6. The van der Waals surface area contributed by atoms with Crippen molar-refractivity contribution >= 4 is 12.0 Å². The van der Waals surface area contributed by atoms with Crippen LogP contribution in [-0.2, 0) is 4.79 Å². The lowest BCUT2D eigenvalue weighted by atomic mass is 9.99. The minimum atomic E-state index is -0.834. The Kier molecular flexibility index (Phi) is 9.94. The molecule has 0 aromatic rings. The second-order valence-electron chi connectivity index (χ2n) is 5.10. The van der Waals surface area contributed by atoms with Gasteiger partial charge < -0.3 is 15.7 Å². The predicted molar refractivity (Wildman–Crippen MR) is 76.2 cm³/mol. The zero-order valence-electron chi connectivity index (χ0n) is 12.4. The molecular weight excluding hydrogens is 244 g/mol. The van der Waals surface area contributed by atoms with Crippen molar-refractivity contribution in [3.8, 4) is 0 Å². The van der Waals surface area contributed by atoms with Crippen LogP contribution >= 0.6 is 0 Å². The number of nitrogens with one attached hydrogen (secondary N) is 2. The first-order valence-electron chi connectivity index (χ1n) is 7.25. The molecule has 0 rings (SSSR count). The van der Waals surface area contributed by atoms with Gasteiger partial charge in [-0.2, -0.15) is 0 Å². The van der Waals surface area contributed by atoms with E-state index >= 15 is 0 Å². The van der Waals surface area contributed by atoms with Gasteiger partial charge >= 0.3 is 12.0 Å². The van der Waals surface area contributed by atoms with Crippen molar-refractivity contribution in [1.29, 1.82) is 0 Å². The molecule has 2 amide bonds. The summed E-state index contributed by atoms with van der Waals surface area (Å²) in [5, 5.41) is 14.2. The lowest BCUT2D eigenvalue weighted by Crippen LogP contribution is -2.42. The Morgan fingerprint density at radius 2 is 1.89 bits per heavy atom. The molecule has 0 radical (unpaired) electrons. The third-order valence-corrected chi connectivity index (χ3v) is 3.26.